The van der Waals surface area contributed by atoms with E-state index in [1.165, 1.54) is 0 Å². The third-order valence-corrected chi connectivity index (χ3v) is 3.89. The van der Waals surface area contributed by atoms with Crippen LogP contribution in [0.4, 0.5) is 17.1 Å². The monoisotopic (exact) mass is 311 g/mol. The second-order valence-electron chi connectivity index (χ2n) is 5.48. The summed E-state index contributed by atoms with van der Waals surface area (Å²) in [5, 5.41) is 2.90. The van der Waals surface area contributed by atoms with Gasteiger partial charge in [-0.15, -0.1) is 0 Å². The van der Waals surface area contributed by atoms with E-state index < -0.39 is 0 Å². The average molecular weight is 311 g/mol. The lowest BCUT2D eigenvalue weighted by molar-refractivity contribution is -0.116. The van der Waals surface area contributed by atoms with Gasteiger partial charge in [-0.05, 0) is 50.1 Å². The maximum Gasteiger partial charge on any atom is 0.224 e. The van der Waals surface area contributed by atoms with Crippen molar-refractivity contribution in [2.75, 3.05) is 29.0 Å². The number of nitrogens with zero attached hydrogens (tertiary/aromatic N) is 1. The summed E-state index contributed by atoms with van der Waals surface area (Å²) in [5.41, 5.74) is 9.91. The van der Waals surface area contributed by atoms with Crippen molar-refractivity contribution in [3.8, 4) is 0 Å². The number of benzene rings is 2. The maximum atomic E-state index is 12.0. The number of anilines is 3. The minimum Gasteiger partial charge on any atom is -0.397 e. The van der Waals surface area contributed by atoms with Gasteiger partial charge < -0.3 is 16.0 Å². The number of carbonyl (C=O) groups is 1. The lowest BCUT2D eigenvalue weighted by atomic mass is 10.1. The van der Waals surface area contributed by atoms with Gasteiger partial charge in [0.2, 0.25) is 5.91 Å². The van der Waals surface area contributed by atoms with Crippen LogP contribution in [-0.4, -0.2) is 19.0 Å². The summed E-state index contributed by atoms with van der Waals surface area (Å²) in [6, 6.07) is 15.6. The smallest absolute Gasteiger partial charge is 0.224 e. The Hall–Kier alpha value is -2.49. The molecule has 0 saturated carbocycles. The molecule has 0 aliphatic heterocycles. The Labute approximate surface area is 138 Å². The zero-order valence-corrected chi connectivity index (χ0v) is 13.9. The van der Waals surface area contributed by atoms with E-state index in [2.05, 4.69) is 30.1 Å². The normalized spacial score (nSPS) is 10.3. The van der Waals surface area contributed by atoms with Crippen LogP contribution in [0, 0.1) is 0 Å². The minimum absolute atomic E-state index is 0.0163. The SMILES string of the molecule is CCN(CC)c1ccc(CCC(=O)Nc2ccccc2)cc1N. The first kappa shape index (κ1) is 16.9. The summed E-state index contributed by atoms with van der Waals surface area (Å²) in [6.07, 6.45) is 1.13. The Morgan fingerprint density at radius 2 is 1.78 bits per heavy atom. The topological polar surface area (TPSA) is 58.4 Å². The number of amides is 1. The molecular weight excluding hydrogens is 286 g/mol. The van der Waals surface area contributed by atoms with Gasteiger partial charge in [-0.25, -0.2) is 0 Å². The van der Waals surface area contributed by atoms with E-state index in [9.17, 15) is 4.79 Å². The Morgan fingerprint density at radius 1 is 1.09 bits per heavy atom. The predicted molar refractivity (Wildman–Crippen MR) is 97.8 cm³/mol. The fourth-order valence-corrected chi connectivity index (χ4v) is 2.61. The molecule has 4 heteroatoms. The van der Waals surface area contributed by atoms with Crippen molar-refractivity contribution in [3.05, 3.63) is 54.1 Å². The highest BCUT2D eigenvalue weighted by atomic mass is 16.1. The van der Waals surface area contributed by atoms with Gasteiger partial charge in [-0.3, -0.25) is 4.79 Å². The Kier molecular flexibility index (Phi) is 6.03. The van der Waals surface area contributed by atoms with Crippen molar-refractivity contribution in [1.82, 2.24) is 0 Å². The van der Waals surface area contributed by atoms with E-state index in [0.29, 0.717) is 12.8 Å². The molecule has 0 spiro atoms. The molecule has 0 fully saturated rings. The van der Waals surface area contributed by atoms with Crippen molar-refractivity contribution in [3.63, 3.8) is 0 Å². The Balaban J connectivity index is 1.93. The molecule has 3 N–H and O–H groups in total. The van der Waals surface area contributed by atoms with Gasteiger partial charge in [-0.1, -0.05) is 24.3 Å². The van der Waals surface area contributed by atoms with Gasteiger partial charge in [-0.2, -0.15) is 0 Å². The van der Waals surface area contributed by atoms with Gasteiger partial charge in [0.05, 0.1) is 11.4 Å². The standard InChI is InChI=1S/C19H25N3O/c1-3-22(4-2)18-12-10-15(14-17(18)20)11-13-19(23)21-16-8-6-5-7-9-16/h5-10,12,14H,3-4,11,13,20H2,1-2H3,(H,21,23). The molecule has 122 valence electrons. The highest BCUT2D eigenvalue weighted by Crippen LogP contribution is 2.24. The van der Waals surface area contributed by atoms with E-state index in [-0.39, 0.29) is 5.91 Å². The van der Waals surface area contributed by atoms with Gasteiger partial charge >= 0.3 is 0 Å². The van der Waals surface area contributed by atoms with E-state index in [1.54, 1.807) is 0 Å². The number of nitrogens with one attached hydrogen (secondary N) is 1. The van der Waals surface area contributed by atoms with Crippen molar-refractivity contribution in [1.29, 1.82) is 0 Å². The number of rotatable bonds is 7. The van der Waals surface area contributed by atoms with E-state index in [1.807, 2.05) is 42.5 Å². The second-order valence-corrected chi connectivity index (χ2v) is 5.48. The summed E-state index contributed by atoms with van der Waals surface area (Å²) < 4.78 is 0. The first-order valence-electron chi connectivity index (χ1n) is 8.12. The fourth-order valence-electron chi connectivity index (χ4n) is 2.61. The lowest BCUT2D eigenvalue weighted by Gasteiger charge is -2.23. The average Bonchev–Trinajstić information content (AvgIpc) is 2.56. The number of hydrogen-bond donors (Lipinski definition) is 2. The van der Waals surface area contributed by atoms with Crippen molar-refractivity contribution in [2.45, 2.75) is 26.7 Å². The summed E-state index contributed by atoms with van der Waals surface area (Å²) in [4.78, 5) is 14.2. The van der Waals surface area contributed by atoms with E-state index >= 15 is 0 Å². The van der Waals surface area contributed by atoms with Gasteiger partial charge in [0, 0.05) is 25.2 Å². The zero-order valence-electron chi connectivity index (χ0n) is 13.9. The number of nitrogen functional groups attached to an aromatic ring is 1. The molecule has 0 atom stereocenters. The highest BCUT2D eigenvalue weighted by Gasteiger charge is 2.08. The molecule has 0 aliphatic carbocycles. The van der Waals surface area contributed by atoms with Crippen LogP contribution in [0.25, 0.3) is 0 Å². The zero-order chi connectivity index (χ0) is 16.7. The molecule has 0 radical (unpaired) electrons. The van der Waals surface area contributed by atoms with Crippen LogP contribution < -0.4 is 16.0 Å². The van der Waals surface area contributed by atoms with Gasteiger partial charge in [0.25, 0.3) is 0 Å². The highest BCUT2D eigenvalue weighted by molar-refractivity contribution is 5.90. The van der Waals surface area contributed by atoms with Crippen LogP contribution in [0.2, 0.25) is 0 Å². The van der Waals surface area contributed by atoms with Crippen molar-refractivity contribution in [2.24, 2.45) is 0 Å². The first-order chi connectivity index (χ1) is 11.1. The summed E-state index contributed by atoms with van der Waals surface area (Å²) >= 11 is 0. The molecule has 0 heterocycles. The van der Waals surface area contributed by atoms with Crippen LogP contribution in [0.5, 0.6) is 0 Å². The Morgan fingerprint density at radius 3 is 2.39 bits per heavy atom. The van der Waals surface area contributed by atoms with Crippen LogP contribution in [0.1, 0.15) is 25.8 Å². The third kappa shape index (κ3) is 4.74. The van der Waals surface area contributed by atoms with E-state index in [4.69, 9.17) is 5.73 Å². The molecule has 0 aliphatic rings. The predicted octanol–water partition coefficient (Wildman–Crippen LogP) is 3.69. The molecular formula is C19H25N3O. The summed E-state index contributed by atoms with van der Waals surface area (Å²) in [5.74, 6) is 0.0163. The molecule has 0 unspecified atom stereocenters. The number of carbonyl (C=O) groups excluding carboxylic acids is 1. The summed E-state index contributed by atoms with van der Waals surface area (Å²) in [6.45, 7) is 6.09. The molecule has 0 saturated heterocycles. The quantitative estimate of drug-likeness (QED) is 0.767. The van der Waals surface area contributed by atoms with E-state index in [0.717, 1.165) is 35.7 Å². The number of aryl methyl sites for hydroxylation is 1. The first-order valence-corrected chi connectivity index (χ1v) is 8.12. The maximum absolute atomic E-state index is 12.0. The molecule has 0 aromatic heterocycles. The lowest BCUT2D eigenvalue weighted by Crippen LogP contribution is -2.23. The third-order valence-electron chi connectivity index (χ3n) is 3.89. The minimum atomic E-state index is 0.0163. The van der Waals surface area contributed by atoms with Crippen LogP contribution in [0.15, 0.2) is 48.5 Å². The molecule has 2 aromatic carbocycles. The van der Waals surface area contributed by atoms with Crippen LogP contribution in [-0.2, 0) is 11.2 Å². The van der Waals surface area contributed by atoms with Crippen LogP contribution in [0.3, 0.4) is 0 Å². The number of nitrogens with two attached hydrogens (primary N) is 1. The molecule has 2 aromatic rings. The van der Waals surface area contributed by atoms with Crippen LogP contribution >= 0.6 is 0 Å². The largest absolute Gasteiger partial charge is 0.397 e. The fraction of sp³-hybridized carbons (Fsp3) is 0.316. The van der Waals surface area contributed by atoms with Gasteiger partial charge in [0.15, 0.2) is 0 Å². The van der Waals surface area contributed by atoms with Crippen molar-refractivity contribution >= 4 is 23.0 Å². The molecule has 1 amide bonds. The number of para-hydroxylation sites is 1. The Bertz CT molecular complexity index is 636. The molecule has 0 bridgehead atoms. The van der Waals surface area contributed by atoms with Gasteiger partial charge in [0.1, 0.15) is 0 Å². The molecule has 4 nitrogen and oxygen atoms in total. The number of hydrogen-bond acceptors (Lipinski definition) is 3. The second kappa shape index (κ2) is 8.22. The molecule has 2 rings (SSSR count). The van der Waals surface area contributed by atoms with Crippen molar-refractivity contribution < 1.29 is 4.79 Å². The molecule has 23 heavy (non-hydrogen) atoms. The summed E-state index contributed by atoms with van der Waals surface area (Å²) in [7, 11) is 0.